The number of carbonyl (C=O) groups is 1. The summed E-state index contributed by atoms with van der Waals surface area (Å²) in [6.45, 7) is 0.889. The Morgan fingerprint density at radius 2 is 2.16 bits per heavy atom. The number of hydrogen-bond acceptors (Lipinski definition) is 3. The van der Waals surface area contributed by atoms with E-state index in [4.69, 9.17) is 22.1 Å². The molecule has 19 heavy (non-hydrogen) atoms. The fourth-order valence-electron chi connectivity index (χ4n) is 2.01. The molecule has 0 radical (unpaired) electrons. The predicted octanol–water partition coefficient (Wildman–Crippen LogP) is 1.88. The minimum Gasteiger partial charge on any atom is -0.364 e. The summed E-state index contributed by atoms with van der Waals surface area (Å²) in [6, 6.07) is 7.45. The van der Waals surface area contributed by atoms with Crippen LogP contribution in [0.4, 0.5) is 0 Å². The maximum absolute atomic E-state index is 11.9. The van der Waals surface area contributed by atoms with E-state index in [1.165, 1.54) is 0 Å². The molecule has 1 fully saturated rings. The SMILES string of the molecule is Cl.NC[C@H]1CC[C@@H](C(=O)NCc2ccccc2Cl)O1. The molecule has 0 aromatic heterocycles. The molecule has 0 bridgehead atoms. The molecule has 2 rings (SSSR count). The van der Waals surface area contributed by atoms with Gasteiger partial charge in [-0.25, -0.2) is 0 Å². The number of hydrogen-bond donors (Lipinski definition) is 2. The Balaban J connectivity index is 0.00000180. The lowest BCUT2D eigenvalue weighted by atomic mass is 10.2. The predicted molar refractivity (Wildman–Crippen MR) is 77.5 cm³/mol. The minimum absolute atomic E-state index is 0. The van der Waals surface area contributed by atoms with Crippen LogP contribution in [0.15, 0.2) is 24.3 Å². The molecule has 1 saturated heterocycles. The molecule has 3 N–H and O–H groups in total. The van der Waals surface area contributed by atoms with E-state index in [0.29, 0.717) is 18.1 Å². The van der Waals surface area contributed by atoms with Gasteiger partial charge in [0.15, 0.2) is 0 Å². The highest BCUT2D eigenvalue weighted by atomic mass is 35.5. The van der Waals surface area contributed by atoms with Gasteiger partial charge in [0.1, 0.15) is 6.10 Å². The fourth-order valence-corrected chi connectivity index (χ4v) is 2.21. The molecule has 1 aliphatic heterocycles. The average Bonchev–Trinajstić information content (AvgIpc) is 2.86. The molecule has 1 aromatic rings. The van der Waals surface area contributed by atoms with Gasteiger partial charge in [-0.05, 0) is 24.5 Å². The summed E-state index contributed by atoms with van der Waals surface area (Å²) in [7, 11) is 0. The van der Waals surface area contributed by atoms with Gasteiger partial charge < -0.3 is 15.8 Å². The summed E-state index contributed by atoms with van der Waals surface area (Å²) in [4.78, 5) is 11.9. The Kier molecular flexibility index (Phi) is 6.58. The lowest BCUT2D eigenvalue weighted by molar-refractivity contribution is -0.132. The number of rotatable bonds is 4. The topological polar surface area (TPSA) is 64.4 Å². The largest absolute Gasteiger partial charge is 0.364 e. The molecule has 0 spiro atoms. The quantitative estimate of drug-likeness (QED) is 0.893. The van der Waals surface area contributed by atoms with Crippen molar-refractivity contribution < 1.29 is 9.53 Å². The van der Waals surface area contributed by atoms with Gasteiger partial charge in [-0.15, -0.1) is 12.4 Å². The third kappa shape index (κ3) is 4.35. The van der Waals surface area contributed by atoms with E-state index in [-0.39, 0.29) is 30.5 Å². The van der Waals surface area contributed by atoms with E-state index in [2.05, 4.69) is 5.32 Å². The number of benzene rings is 1. The summed E-state index contributed by atoms with van der Waals surface area (Å²) >= 11 is 6.01. The van der Waals surface area contributed by atoms with Crippen LogP contribution in [0.5, 0.6) is 0 Å². The molecule has 0 aliphatic carbocycles. The van der Waals surface area contributed by atoms with Gasteiger partial charge in [-0.3, -0.25) is 4.79 Å². The number of ether oxygens (including phenoxy) is 1. The minimum atomic E-state index is -0.374. The van der Waals surface area contributed by atoms with Crippen LogP contribution in [0.25, 0.3) is 0 Å². The third-order valence-electron chi connectivity index (χ3n) is 3.07. The number of amides is 1. The number of nitrogens with one attached hydrogen (secondary N) is 1. The van der Waals surface area contributed by atoms with Crippen molar-refractivity contribution in [2.45, 2.75) is 31.6 Å². The van der Waals surface area contributed by atoms with E-state index in [1.54, 1.807) is 6.07 Å². The molecule has 1 aliphatic rings. The molecule has 0 saturated carbocycles. The van der Waals surface area contributed by atoms with Gasteiger partial charge >= 0.3 is 0 Å². The van der Waals surface area contributed by atoms with Crippen LogP contribution in [0.3, 0.4) is 0 Å². The molecular weight excluding hydrogens is 287 g/mol. The number of nitrogens with two attached hydrogens (primary N) is 1. The van der Waals surface area contributed by atoms with Crippen LogP contribution in [-0.2, 0) is 16.1 Å². The van der Waals surface area contributed by atoms with Crippen molar-refractivity contribution in [1.82, 2.24) is 5.32 Å². The average molecular weight is 305 g/mol. The van der Waals surface area contributed by atoms with Gasteiger partial charge in [0.25, 0.3) is 0 Å². The van der Waals surface area contributed by atoms with Gasteiger partial charge in [-0.2, -0.15) is 0 Å². The van der Waals surface area contributed by atoms with Crippen molar-refractivity contribution in [1.29, 1.82) is 0 Å². The first-order valence-electron chi connectivity index (χ1n) is 6.07. The van der Waals surface area contributed by atoms with E-state index < -0.39 is 0 Å². The fraction of sp³-hybridized carbons (Fsp3) is 0.462. The van der Waals surface area contributed by atoms with Crippen LogP contribution in [0.1, 0.15) is 18.4 Å². The summed E-state index contributed by atoms with van der Waals surface area (Å²) in [5.41, 5.74) is 6.41. The van der Waals surface area contributed by atoms with Crippen molar-refractivity contribution in [3.05, 3.63) is 34.9 Å². The lowest BCUT2D eigenvalue weighted by Gasteiger charge is -2.13. The Hall–Kier alpha value is -0.810. The van der Waals surface area contributed by atoms with Crippen LogP contribution >= 0.6 is 24.0 Å². The monoisotopic (exact) mass is 304 g/mol. The van der Waals surface area contributed by atoms with Gasteiger partial charge in [0.2, 0.25) is 5.91 Å². The van der Waals surface area contributed by atoms with Gasteiger partial charge in [0.05, 0.1) is 6.10 Å². The van der Waals surface area contributed by atoms with Crippen LogP contribution in [0.2, 0.25) is 5.02 Å². The maximum atomic E-state index is 11.9. The highest BCUT2D eigenvalue weighted by molar-refractivity contribution is 6.31. The Bertz CT molecular complexity index is 429. The molecular formula is C13H18Cl2N2O2. The second-order valence-corrected chi connectivity index (χ2v) is 4.78. The smallest absolute Gasteiger partial charge is 0.249 e. The molecule has 1 amide bonds. The molecule has 6 heteroatoms. The first-order chi connectivity index (χ1) is 8.70. The summed E-state index contributed by atoms with van der Waals surface area (Å²) < 4.78 is 5.52. The summed E-state index contributed by atoms with van der Waals surface area (Å²) in [6.07, 6.45) is 1.22. The summed E-state index contributed by atoms with van der Waals surface area (Å²) in [5.74, 6) is -0.0918. The normalized spacial score (nSPS) is 21.8. The van der Waals surface area contributed by atoms with E-state index in [1.807, 2.05) is 18.2 Å². The second-order valence-electron chi connectivity index (χ2n) is 4.37. The Labute approximate surface area is 124 Å². The zero-order chi connectivity index (χ0) is 13.0. The molecule has 1 heterocycles. The molecule has 4 nitrogen and oxygen atoms in total. The number of carbonyl (C=O) groups excluding carboxylic acids is 1. The Morgan fingerprint density at radius 1 is 1.42 bits per heavy atom. The van der Waals surface area contributed by atoms with Crippen molar-refractivity contribution in [3.8, 4) is 0 Å². The van der Waals surface area contributed by atoms with Crippen molar-refractivity contribution in [2.24, 2.45) is 5.73 Å². The zero-order valence-electron chi connectivity index (χ0n) is 10.5. The Morgan fingerprint density at radius 3 is 2.79 bits per heavy atom. The van der Waals surface area contributed by atoms with Crippen molar-refractivity contribution in [3.63, 3.8) is 0 Å². The van der Waals surface area contributed by atoms with E-state index in [0.717, 1.165) is 18.4 Å². The van der Waals surface area contributed by atoms with Crippen molar-refractivity contribution >= 4 is 29.9 Å². The first-order valence-corrected chi connectivity index (χ1v) is 6.45. The molecule has 2 atom stereocenters. The maximum Gasteiger partial charge on any atom is 0.249 e. The highest BCUT2D eigenvalue weighted by Crippen LogP contribution is 2.19. The highest BCUT2D eigenvalue weighted by Gasteiger charge is 2.29. The zero-order valence-corrected chi connectivity index (χ0v) is 12.0. The molecule has 1 aromatic carbocycles. The lowest BCUT2D eigenvalue weighted by Crippen LogP contribution is -2.35. The molecule has 0 unspecified atom stereocenters. The van der Waals surface area contributed by atoms with E-state index >= 15 is 0 Å². The first kappa shape index (κ1) is 16.2. The second kappa shape index (κ2) is 7.70. The standard InChI is InChI=1S/C13H17ClN2O2.ClH/c14-11-4-2-1-3-9(11)8-16-13(17)12-6-5-10(7-15)18-12;/h1-4,10,12H,5-8,15H2,(H,16,17);1H/t10-,12+;/m1./s1. The van der Waals surface area contributed by atoms with E-state index in [9.17, 15) is 4.79 Å². The van der Waals surface area contributed by atoms with Crippen LogP contribution in [-0.4, -0.2) is 24.7 Å². The third-order valence-corrected chi connectivity index (χ3v) is 3.44. The molecule has 106 valence electrons. The van der Waals surface area contributed by atoms with Crippen LogP contribution in [0, 0.1) is 0 Å². The van der Waals surface area contributed by atoms with Gasteiger partial charge in [0, 0.05) is 18.1 Å². The van der Waals surface area contributed by atoms with Crippen molar-refractivity contribution in [2.75, 3.05) is 6.54 Å². The van der Waals surface area contributed by atoms with Gasteiger partial charge in [-0.1, -0.05) is 29.8 Å². The number of halogens is 2. The summed E-state index contributed by atoms with van der Waals surface area (Å²) in [5, 5.41) is 3.49. The van der Waals surface area contributed by atoms with Crippen LogP contribution < -0.4 is 11.1 Å².